The fourth-order valence-corrected chi connectivity index (χ4v) is 12.7. The van der Waals surface area contributed by atoms with E-state index in [1.807, 2.05) is 191 Å². The van der Waals surface area contributed by atoms with Gasteiger partial charge < -0.3 is 47.9 Å². The van der Waals surface area contributed by atoms with Crippen molar-refractivity contribution in [2.24, 2.45) is 0 Å². The van der Waals surface area contributed by atoms with Crippen molar-refractivity contribution < 1.29 is 57.1 Å². The van der Waals surface area contributed by atoms with Crippen LogP contribution in [0.1, 0.15) is 117 Å². The summed E-state index contributed by atoms with van der Waals surface area (Å²) in [6.07, 6.45) is -1.05. The fraction of sp³-hybridized carbons (Fsp3) is 0.379. The number of phenolic OH excluding ortho intramolecular Hbond substituents is 2. The first-order valence-corrected chi connectivity index (χ1v) is 29.5. The zero-order valence-electron chi connectivity index (χ0n) is 45.5. The Morgan fingerprint density at radius 1 is 0.467 bits per heavy atom. The zero-order valence-corrected chi connectivity index (χ0v) is 48.2. The van der Waals surface area contributed by atoms with Crippen LogP contribution in [0.4, 0.5) is 11.4 Å². The molecule has 6 aromatic carbocycles. The molecule has 0 aromatic heterocycles. The van der Waals surface area contributed by atoms with E-state index in [1.54, 1.807) is 71.7 Å². The van der Waals surface area contributed by atoms with Crippen LogP contribution in [0.2, 0.25) is 0 Å². The van der Waals surface area contributed by atoms with Crippen LogP contribution in [0.25, 0.3) is 0 Å². The van der Waals surface area contributed by atoms with Crippen molar-refractivity contribution in [3.05, 3.63) is 192 Å². The van der Waals surface area contributed by atoms with Gasteiger partial charge in [0.15, 0.2) is 0 Å². The summed E-state index contributed by atoms with van der Waals surface area (Å²) in [5.74, 6) is 0.195. The Morgan fingerprint density at radius 3 is 1.11 bits per heavy atom. The van der Waals surface area contributed by atoms with Crippen LogP contribution in [-0.2, 0) is 31.7 Å². The highest BCUT2D eigenvalue weighted by Gasteiger charge is 2.43. The molecule has 7 rings (SSSR count). The summed E-state index contributed by atoms with van der Waals surface area (Å²) in [5.41, 5.74) is 3.50. The van der Waals surface area contributed by atoms with Crippen LogP contribution >= 0.6 is 23.9 Å². The molecule has 0 aliphatic carbocycles. The summed E-state index contributed by atoms with van der Waals surface area (Å²) in [4.78, 5) is 10.4. The average Bonchev–Trinajstić information content (AvgIpc) is 3.66. The van der Waals surface area contributed by atoms with Crippen LogP contribution in [0, 0.1) is 0 Å². The van der Waals surface area contributed by atoms with Crippen molar-refractivity contribution in [3.63, 3.8) is 0 Å². The first-order chi connectivity index (χ1) is 35.5. The maximum Gasteiger partial charge on any atom is 0.394 e. The van der Waals surface area contributed by atoms with E-state index in [-0.39, 0.29) is 48.1 Å². The molecule has 0 amide bonds. The lowest BCUT2D eigenvalue weighted by Gasteiger charge is -2.30. The van der Waals surface area contributed by atoms with Gasteiger partial charge in [-0.15, -0.1) is 0 Å². The number of aliphatic hydroxyl groups is 2. The van der Waals surface area contributed by atoms with E-state index in [0.717, 1.165) is 22.5 Å². The molecule has 410 valence electrons. The van der Waals surface area contributed by atoms with Crippen LogP contribution in [-0.4, -0.2) is 75.0 Å². The minimum absolute atomic E-state index is 0.0753. The molecule has 1 fully saturated rings. The average molecular weight is 1090 g/mol. The number of aliphatic hydroxyl groups excluding tert-OH is 2. The van der Waals surface area contributed by atoms with E-state index < -0.39 is 35.6 Å². The predicted molar refractivity (Wildman–Crippen MR) is 305 cm³/mol. The van der Waals surface area contributed by atoms with Crippen molar-refractivity contribution in [2.45, 2.75) is 131 Å². The van der Waals surface area contributed by atoms with E-state index in [9.17, 15) is 29.3 Å². The number of hydrogen-bond donors (Lipinski definition) is 5. The highest BCUT2D eigenvalue weighted by molar-refractivity contribution is 7.61. The van der Waals surface area contributed by atoms with Gasteiger partial charge in [-0.05, 0) is 131 Å². The van der Waals surface area contributed by atoms with Gasteiger partial charge in [-0.2, -0.15) is 0 Å². The highest BCUT2D eigenvalue weighted by Crippen LogP contribution is 2.66. The third kappa shape index (κ3) is 22.3. The number of para-hydroxylation sites is 4. The van der Waals surface area contributed by atoms with Crippen LogP contribution in [0.3, 0.4) is 0 Å². The lowest BCUT2D eigenvalue weighted by molar-refractivity contribution is 0.0945. The highest BCUT2D eigenvalue weighted by atomic mass is 31.2. The van der Waals surface area contributed by atoms with Gasteiger partial charge in [0.2, 0.25) is 0 Å². The third-order valence-corrected chi connectivity index (χ3v) is 16.4. The van der Waals surface area contributed by atoms with E-state index >= 15 is 0 Å². The second kappa shape index (κ2) is 32.6. The normalized spacial score (nSPS) is 13.9. The molecule has 5 N–H and O–H groups in total. The van der Waals surface area contributed by atoms with Crippen LogP contribution in [0.15, 0.2) is 170 Å². The van der Waals surface area contributed by atoms with Gasteiger partial charge in [0.1, 0.15) is 23.3 Å². The molecule has 6 aromatic rings. The molecule has 2 atom stereocenters. The maximum atomic E-state index is 13.7. The summed E-state index contributed by atoms with van der Waals surface area (Å²) in [5, 5.41) is 38.0. The minimum Gasteiger partial charge on any atom is -0.508 e. The van der Waals surface area contributed by atoms with Gasteiger partial charge in [0.25, 0.3) is 0 Å². The number of benzene rings is 6. The Balaban J connectivity index is 0.000000263. The number of anilines is 2. The van der Waals surface area contributed by atoms with Gasteiger partial charge in [-0.3, -0.25) is 13.9 Å². The van der Waals surface area contributed by atoms with Crippen molar-refractivity contribution in [1.29, 1.82) is 0 Å². The zero-order chi connectivity index (χ0) is 55.7. The topological polar surface area (TPSA) is 188 Å². The standard InChI is InChI=1S/C19H25O4P.C14H15N2O2P.C13H12O2.C9H21O3P.C3H8O/c1-14(2)22-24(21,23-15(3)4)19(16-10-6-5-7-11-16)17-12-8-9-13-18(17)20;17-19(18)15(13-7-3-1-4-8-13)11-12-16(19)14-9-5-2-6-10-14;14-12-9-5-4-8-11(12)13(15)10-6-2-1-3-7-10;1-7(2)10-13(11-8(3)4)12-9(5)6;1-3(2)4/h5-15,19-20H,1-4H3;1-10H,11-12H2,(H,17,18);1-9,13-15H;7-9H,1-6H3;3-4H,1-2H3. The first kappa shape index (κ1) is 64.4. The van der Waals surface area contributed by atoms with E-state index in [2.05, 4.69) is 0 Å². The fourth-order valence-electron chi connectivity index (χ4n) is 7.08. The molecule has 0 spiro atoms. The number of aromatic hydroxyl groups is 2. The van der Waals surface area contributed by atoms with E-state index in [0.29, 0.717) is 24.2 Å². The molecule has 1 aliphatic rings. The second-order valence-electron chi connectivity index (χ2n) is 18.8. The van der Waals surface area contributed by atoms with E-state index in [1.165, 1.54) is 0 Å². The smallest absolute Gasteiger partial charge is 0.394 e. The monoisotopic (exact) mass is 1090 g/mol. The predicted octanol–water partition coefficient (Wildman–Crippen LogP) is 15.0. The Kier molecular flexibility index (Phi) is 28.0. The molecule has 1 heterocycles. The molecular formula is C58H81N2O12P3. The third-order valence-electron chi connectivity index (χ3n) is 9.88. The minimum atomic E-state index is -3.57. The van der Waals surface area contributed by atoms with Gasteiger partial charge >= 0.3 is 23.9 Å². The molecule has 17 heteroatoms. The summed E-state index contributed by atoms with van der Waals surface area (Å²) in [7, 11) is -8.29. The van der Waals surface area contributed by atoms with Crippen molar-refractivity contribution in [3.8, 4) is 11.5 Å². The van der Waals surface area contributed by atoms with Gasteiger partial charge in [-0.1, -0.05) is 133 Å². The quantitative estimate of drug-likeness (QED) is 0.0543. The summed E-state index contributed by atoms with van der Waals surface area (Å²) < 4.78 is 57.7. The summed E-state index contributed by atoms with van der Waals surface area (Å²) in [6.45, 7) is 23.7. The Hall–Kier alpha value is -4.91. The SMILES string of the molecule is CC(C)O.CC(C)OP(=O)(OC(C)C)C(c1ccccc1)c1ccccc1O.CC(C)OP(OC(C)C)OC(C)C.O=P1(O)N(c2ccccc2)CCN1c1ccccc1.Oc1ccccc1C(O)c1ccccc1. The number of nitrogens with zero attached hydrogens (tertiary/aromatic N) is 2. The van der Waals surface area contributed by atoms with Gasteiger partial charge in [0.05, 0.1) is 30.5 Å². The number of rotatable bonds is 17. The molecule has 14 nitrogen and oxygen atoms in total. The van der Waals surface area contributed by atoms with E-state index in [4.69, 9.17) is 27.7 Å². The Bertz CT molecular complexity index is 2490. The molecule has 0 radical (unpaired) electrons. The molecular weight excluding hydrogens is 1010 g/mol. The van der Waals surface area contributed by atoms with Crippen LogP contribution < -0.4 is 9.34 Å². The lowest BCUT2D eigenvalue weighted by Crippen LogP contribution is -2.17. The number of hydrogen-bond acceptors (Lipinski definition) is 11. The summed E-state index contributed by atoms with van der Waals surface area (Å²) in [6, 6.07) is 51.1. The molecule has 0 bridgehead atoms. The molecule has 2 unspecified atom stereocenters. The molecule has 1 aliphatic heterocycles. The van der Waals surface area contributed by atoms with Gasteiger partial charge in [-0.25, -0.2) is 4.57 Å². The molecule has 0 saturated carbocycles. The van der Waals surface area contributed by atoms with Crippen LogP contribution in [0.5, 0.6) is 11.5 Å². The number of phenols is 2. The first-order valence-electron chi connectivity index (χ1n) is 25.2. The largest absolute Gasteiger partial charge is 0.508 e. The Morgan fingerprint density at radius 2 is 0.773 bits per heavy atom. The lowest BCUT2D eigenvalue weighted by atomic mass is 10.0. The maximum absolute atomic E-state index is 13.7. The summed E-state index contributed by atoms with van der Waals surface area (Å²) >= 11 is 0. The van der Waals surface area contributed by atoms with Crippen molar-refractivity contribution in [2.75, 3.05) is 22.4 Å². The van der Waals surface area contributed by atoms with Crippen molar-refractivity contribution in [1.82, 2.24) is 0 Å². The van der Waals surface area contributed by atoms with Gasteiger partial charge in [0, 0.05) is 41.7 Å². The second-order valence-corrected chi connectivity index (χ2v) is 23.9. The Labute approximate surface area is 448 Å². The molecule has 1 saturated heterocycles. The molecule has 75 heavy (non-hydrogen) atoms. The van der Waals surface area contributed by atoms with Crippen molar-refractivity contribution >= 4 is 35.2 Å².